The fraction of sp³-hybridized carbons (Fsp3) is 0.176. The maximum atomic E-state index is 12.2. The highest BCUT2D eigenvalue weighted by Gasteiger charge is 2.08. The first-order valence-electron chi connectivity index (χ1n) is 7.50. The lowest BCUT2D eigenvalue weighted by atomic mass is 10.1. The Balaban J connectivity index is 1.60. The van der Waals surface area contributed by atoms with Gasteiger partial charge in [-0.2, -0.15) is 5.10 Å². The SMILES string of the molecule is Nc1ccccc1NC(=O)c1ccc(CNC2=NNCC2)cc1. The highest BCUT2D eigenvalue weighted by molar-refractivity contribution is 6.05. The van der Waals surface area contributed by atoms with Crippen LogP contribution in [0.1, 0.15) is 22.3 Å². The third-order valence-corrected chi connectivity index (χ3v) is 3.61. The average molecular weight is 309 g/mol. The van der Waals surface area contributed by atoms with Crippen LogP contribution < -0.4 is 21.8 Å². The Morgan fingerprint density at radius 3 is 2.65 bits per heavy atom. The molecule has 6 nitrogen and oxygen atoms in total. The fourth-order valence-corrected chi connectivity index (χ4v) is 2.29. The maximum Gasteiger partial charge on any atom is 0.255 e. The van der Waals surface area contributed by atoms with E-state index in [2.05, 4.69) is 21.2 Å². The summed E-state index contributed by atoms with van der Waals surface area (Å²) < 4.78 is 0. The maximum absolute atomic E-state index is 12.2. The van der Waals surface area contributed by atoms with Crippen LogP contribution in [-0.4, -0.2) is 18.3 Å². The Morgan fingerprint density at radius 2 is 1.96 bits per heavy atom. The van der Waals surface area contributed by atoms with Crippen molar-refractivity contribution < 1.29 is 4.79 Å². The van der Waals surface area contributed by atoms with Gasteiger partial charge in [0.15, 0.2) is 0 Å². The molecule has 1 aliphatic heterocycles. The Hall–Kier alpha value is -3.02. The zero-order valence-corrected chi connectivity index (χ0v) is 12.7. The molecule has 0 saturated carbocycles. The van der Waals surface area contributed by atoms with Gasteiger partial charge in [0.1, 0.15) is 5.84 Å². The Bertz CT molecular complexity index is 724. The molecule has 23 heavy (non-hydrogen) atoms. The summed E-state index contributed by atoms with van der Waals surface area (Å²) in [6.45, 7) is 1.57. The van der Waals surface area contributed by atoms with Crippen molar-refractivity contribution in [2.45, 2.75) is 13.0 Å². The lowest BCUT2D eigenvalue weighted by Gasteiger charge is -2.09. The second-order valence-electron chi connectivity index (χ2n) is 5.31. The van der Waals surface area contributed by atoms with E-state index in [4.69, 9.17) is 5.73 Å². The number of benzene rings is 2. The van der Waals surface area contributed by atoms with Gasteiger partial charge in [-0.1, -0.05) is 24.3 Å². The molecule has 0 saturated heterocycles. The predicted octanol–water partition coefficient (Wildman–Crippen LogP) is 1.92. The number of hydrogen-bond acceptors (Lipinski definition) is 5. The van der Waals surface area contributed by atoms with Gasteiger partial charge in [-0.25, -0.2) is 0 Å². The summed E-state index contributed by atoms with van der Waals surface area (Å²) in [7, 11) is 0. The number of para-hydroxylation sites is 2. The fourth-order valence-electron chi connectivity index (χ4n) is 2.29. The van der Waals surface area contributed by atoms with Crippen molar-refractivity contribution >= 4 is 23.1 Å². The quantitative estimate of drug-likeness (QED) is 0.649. The average Bonchev–Trinajstić information content (AvgIpc) is 3.09. The summed E-state index contributed by atoms with van der Waals surface area (Å²) in [6, 6.07) is 14.7. The standard InChI is InChI=1S/C17H19N5O/c18-14-3-1-2-4-15(14)21-17(23)13-7-5-12(6-8-13)11-19-16-9-10-20-22-16/h1-8,20H,9-11,18H2,(H,19,22)(H,21,23). The van der Waals surface area contributed by atoms with Crippen molar-refractivity contribution in [2.24, 2.45) is 5.10 Å². The van der Waals surface area contributed by atoms with Crippen LogP contribution in [0, 0.1) is 0 Å². The first kappa shape index (κ1) is 14.9. The molecule has 3 rings (SSSR count). The number of carbonyl (C=O) groups excluding carboxylic acids is 1. The van der Waals surface area contributed by atoms with E-state index in [1.165, 1.54) is 0 Å². The van der Waals surface area contributed by atoms with Crippen molar-refractivity contribution in [2.75, 3.05) is 17.6 Å². The molecule has 2 aromatic carbocycles. The van der Waals surface area contributed by atoms with Crippen LogP contribution in [-0.2, 0) is 6.54 Å². The van der Waals surface area contributed by atoms with Crippen molar-refractivity contribution in [3.8, 4) is 0 Å². The summed E-state index contributed by atoms with van der Waals surface area (Å²) in [5.41, 5.74) is 11.6. The molecule has 0 spiro atoms. The van der Waals surface area contributed by atoms with Gasteiger partial charge in [0.2, 0.25) is 0 Å². The van der Waals surface area contributed by atoms with E-state index in [1.54, 1.807) is 24.3 Å². The summed E-state index contributed by atoms with van der Waals surface area (Å²) in [6.07, 6.45) is 0.916. The number of nitrogen functional groups attached to an aromatic ring is 1. The molecule has 0 aliphatic carbocycles. The van der Waals surface area contributed by atoms with Gasteiger partial charge in [-0.15, -0.1) is 0 Å². The van der Waals surface area contributed by atoms with Crippen molar-refractivity contribution in [1.29, 1.82) is 0 Å². The molecule has 0 aromatic heterocycles. The number of carbonyl (C=O) groups is 1. The van der Waals surface area contributed by atoms with Crippen LogP contribution in [0.5, 0.6) is 0 Å². The van der Waals surface area contributed by atoms with Crippen LogP contribution >= 0.6 is 0 Å². The molecule has 1 heterocycles. The minimum absolute atomic E-state index is 0.174. The highest BCUT2D eigenvalue weighted by Crippen LogP contribution is 2.18. The Kier molecular flexibility index (Phi) is 4.42. The predicted molar refractivity (Wildman–Crippen MR) is 92.1 cm³/mol. The zero-order chi connectivity index (χ0) is 16.1. The Labute approximate surface area is 134 Å². The van der Waals surface area contributed by atoms with Gasteiger partial charge in [0, 0.05) is 25.1 Å². The number of anilines is 2. The third kappa shape index (κ3) is 3.79. The highest BCUT2D eigenvalue weighted by atomic mass is 16.1. The molecular formula is C17H19N5O. The number of nitrogens with zero attached hydrogens (tertiary/aromatic N) is 1. The Morgan fingerprint density at radius 1 is 1.17 bits per heavy atom. The van der Waals surface area contributed by atoms with Crippen LogP contribution in [0.4, 0.5) is 11.4 Å². The summed E-state index contributed by atoms with van der Waals surface area (Å²) in [5, 5.41) is 10.2. The van der Waals surface area contributed by atoms with Crippen LogP contribution in [0.25, 0.3) is 0 Å². The molecule has 1 amide bonds. The minimum atomic E-state index is -0.174. The molecule has 6 heteroatoms. The van der Waals surface area contributed by atoms with Crippen LogP contribution in [0.15, 0.2) is 53.6 Å². The first-order chi connectivity index (χ1) is 11.2. The normalized spacial score (nSPS) is 13.1. The lowest BCUT2D eigenvalue weighted by molar-refractivity contribution is 0.102. The molecule has 1 aliphatic rings. The lowest BCUT2D eigenvalue weighted by Crippen LogP contribution is -2.21. The number of amides is 1. The number of rotatable bonds is 4. The van der Waals surface area contributed by atoms with Crippen molar-refractivity contribution in [1.82, 2.24) is 10.7 Å². The van der Waals surface area contributed by atoms with E-state index in [-0.39, 0.29) is 5.91 Å². The van der Waals surface area contributed by atoms with Crippen LogP contribution in [0.3, 0.4) is 0 Å². The molecule has 118 valence electrons. The minimum Gasteiger partial charge on any atom is -0.397 e. The third-order valence-electron chi connectivity index (χ3n) is 3.61. The molecular weight excluding hydrogens is 290 g/mol. The topological polar surface area (TPSA) is 91.5 Å². The molecule has 0 atom stereocenters. The molecule has 0 radical (unpaired) electrons. The summed E-state index contributed by atoms with van der Waals surface area (Å²) in [5.74, 6) is 0.790. The van der Waals surface area contributed by atoms with E-state index in [0.29, 0.717) is 23.5 Å². The van der Waals surface area contributed by atoms with E-state index >= 15 is 0 Å². The second-order valence-corrected chi connectivity index (χ2v) is 5.31. The molecule has 2 aromatic rings. The summed E-state index contributed by atoms with van der Waals surface area (Å²) >= 11 is 0. The van der Waals surface area contributed by atoms with Gasteiger partial charge >= 0.3 is 0 Å². The largest absolute Gasteiger partial charge is 0.397 e. The zero-order valence-electron chi connectivity index (χ0n) is 12.7. The van der Waals surface area contributed by atoms with Gasteiger partial charge < -0.3 is 21.8 Å². The van der Waals surface area contributed by atoms with E-state index in [0.717, 1.165) is 24.4 Å². The molecule has 0 unspecified atom stereocenters. The second kappa shape index (κ2) is 6.83. The molecule has 0 bridgehead atoms. The van der Waals surface area contributed by atoms with E-state index in [9.17, 15) is 4.79 Å². The monoisotopic (exact) mass is 309 g/mol. The van der Waals surface area contributed by atoms with Crippen molar-refractivity contribution in [3.63, 3.8) is 0 Å². The number of hydrogen-bond donors (Lipinski definition) is 4. The van der Waals surface area contributed by atoms with E-state index < -0.39 is 0 Å². The van der Waals surface area contributed by atoms with Gasteiger partial charge in [-0.05, 0) is 29.8 Å². The number of nitrogens with one attached hydrogen (secondary N) is 3. The molecule has 0 fully saturated rings. The van der Waals surface area contributed by atoms with Crippen molar-refractivity contribution in [3.05, 3.63) is 59.7 Å². The van der Waals surface area contributed by atoms with Crippen LogP contribution in [0.2, 0.25) is 0 Å². The number of nitrogens with two attached hydrogens (primary N) is 1. The van der Waals surface area contributed by atoms with E-state index in [1.807, 2.05) is 24.3 Å². The number of amidine groups is 1. The first-order valence-corrected chi connectivity index (χ1v) is 7.50. The number of hydrazone groups is 1. The summed E-state index contributed by atoms with van der Waals surface area (Å²) in [4.78, 5) is 12.2. The smallest absolute Gasteiger partial charge is 0.255 e. The molecule has 5 N–H and O–H groups in total. The van der Waals surface area contributed by atoms with Gasteiger partial charge in [0.25, 0.3) is 5.91 Å². The van der Waals surface area contributed by atoms with Gasteiger partial charge in [0.05, 0.1) is 11.4 Å². The van der Waals surface area contributed by atoms with Gasteiger partial charge in [-0.3, -0.25) is 4.79 Å².